The zero-order chi connectivity index (χ0) is 11.3. The van der Waals surface area contributed by atoms with Crippen molar-refractivity contribution in [3.8, 4) is 0 Å². The minimum Gasteiger partial charge on any atom is -0.375 e. The molecule has 1 aromatic carbocycles. The maximum atomic E-state index is 11.6. The van der Waals surface area contributed by atoms with Crippen molar-refractivity contribution in [1.29, 1.82) is 0 Å². The summed E-state index contributed by atoms with van der Waals surface area (Å²) in [6, 6.07) is 9.47. The standard InChI is InChI=1S/C10H13N3OS/c1-7(8-5-3-2-4-6-8)9(14)12-13-10(11)15/h2-7H,1H3,(H,12,14)(H3,11,13,15). The normalized spacial score (nSPS) is 11.5. The molecular weight excluding hydrogens is 210 g/mol. The smallest absolute Gasteiger partial charge is 0.245 e. The molecule has 0 aromatic heterocycles. The van der Waals surface area contributed by atoms with Crippen LogP contribution in [0.1, 0.15) is 18.4 Å². The second kappa shape index (κ2) is 5.31. The quantitative estimate of drug-likeness (QED) is 0.509. The lowest BCUT2D eigenvalue weighted by atomic mass is 10.0. The van der Waals surface area contributed by atoms with Gasteiger partial charge >= 0.3 is 0 Å². The summed E-state index contributed by atoms with van der Waals surface area (Å²) < 4.78 is 0. The lowest BCUT2D eigenvalue weighted by molar-refractivity contribution is -0.122. The first-order valence-electron chi connectivity index (χ1n) is 4.51. The number of benzene rings is 1. The predicted molar refractivity (Wildman–Crippen MR) is 62.9 cm³/mol. The molecule has 1 atom stereocenters. The van der Waals surface area contributed by atoms with Crippen LogP contribution in [0.5, 0.6) is 0 Å². The molecular formula is C10H13N3OS. The zero-order valence-corrected chi connectivity index (χ0v) is 9.17. The molecule has 1 amide bonds. The topological polar surface area (TPSA) is 67.2 Å². The summed E-state index contributed by atoms with van der Waals surface area (Å²) >= 11 is 4.57. The molecule has 0 radical (unpaired) electrons. The van der Waals surface area contributed by atoms with E-state index in [0.29, 0.717) is 0 Å². The molecule has 0 saturated heterocycles. The van der Waals surface area contributed by atoms with Gasteiger partial charge in [0.15, 0.2) is 5.11 Å². The number of hydrazine groups is 1. The molecule has 4 N–H and O–H groups in total. The van der Waals surface area contributed by atoms with Crippen molar-refractivity contribution in [3.05, 3.63) is 35.9 Å². The Hall–Kier alpha value is -1.62. The molecule has 0 aliphatic heterocycles. The van der Waals surface area contributed by atoms with E-state index in [9.17, 15) is 4.79 Å². The van der Waals surface area contributed by atoms with Gasteiger partial charge in [0, 0.05) is 0 Å². The Balaban J connectivity index is 2.57. The summed E-state index contributed by atoms with van der Waals surface area (Å²) in [7, 11) is 0. The number of thiocarbonyl (C=S) groups is 1. The highest BCUT2D eigenvalue weighted by atomic mass is 32.1. The van der Waals surface area contributed by atoms with Gasteiger partial charge < -0.3 is 5.73 Å². The molecule has 4 nitrogen and oxygen atoms in total. The van der Waals surface area contributed by atoms with Gasteiger partial charge in [-0.3, -0.25) is 15.6 Å². The van der Waals surface area contributed by atoms with E-state index in [4.69, 9.17) is 5.73 Å². The van der Waals surface area contributed by atoms with Gasteiger partial charge in [-0.15, -0.1) is 0 Å². The van der Waals surface area contributed by atoms with Crippen LogP contribution >= 0.6 is 12.2 Å². The Morgan fingerprint density at radius 1 is 1.33 bits per heavy atom. The fraction of sp³-hybridized carbons (Fsp3) is 0.200. The first-order valence-corrected chi connectivity index (χ1v) is 4.92. The van der Waals surface area contributed by atoms with Crippen LogP contribution in [-0.4, -0.2) is 11.0 Å². The molecule has 1 unspecified atom stereocenters. The zero-order valence-electron chi connectivity index (χ0n) is 8.36. The number of rotatable bonds is 2. The third-order valence-corrected chi connectivity index (χ3v) is 2.10. The molecule has 0 aliphatic carbocycles. The van der Waals surface area contributed by atoms with Crippen molar-refractivity contribution < 1.29 is 4.79 Å². The van der Waals surface area contributed by atoms with Crippen molar-refractivity contribution in [1.82, 2.24) is 10.9 Å². The van der Waals surface area contributed by atoms with Crippen LogP contribution in [0, 0.1) is 0 Å². The number of nitrogens with one attached hydrogen (secondary N) is 2. The van der Waals surface area contributed by atoms with Crippen molar-refractivity contribution in [2.45, 2.75) is 12.8 Å². The van der Waals surface area contributed by atoms with Crippen molar-refractivity contribution in [3.63, 3.8) is 0 Å². The Bertz CT molecular complexity index is 353. The highest BCUT2D eigenvalue weighted by Gasteiger charge is 2.13. The number of hydrogen-bond acceptors (Lipinski definition) is 2. The fourth-order valence-electron chi connectivity index (χ4n) is 1.12. The Morgan fingerprint density at radius 2 is 1.93 bits per heavy atom. The molecule has 80 valence electrons. The van der Waals surface area contributed by atoms with E-state index in [1.807, 2.05) is 37.3 Å². The van der Waals surface area contributed by atoms with Gasteiger partial charge in [0.2, 0.25) is 5.91 Å². The fourth-order valence-corrected chi connectivity index (χ4v) is 1.18. The van der Waals surface area contributed by atoms with Gasteiger partial charge in [0.05, 0.1) is 5.92 Å². The Morgan fingerprint density at radius 3 is 2.47 bits per heavy atom. The van der Waals surface area contributed by atoms with Crippen LogP contribution in [-0.2, 0) is 4.79 Å². The minimum absolute atomic E-state index is 0.0450. The lowest BCUT2D eigenvalue weighted by Gasteiger charge is -2.12. The van der Waals surface area contributed by atoms with Gasteiger partial charge in [-0.25, -0.2) is 0 Å². The molecule has 5 heteroatoms. The van der Waals surface area contributed by atoms with E-state index in [1.54, 1.807) is 0 Å². The average Bonchev–Trinajstić information content (AvgIpc) is 2.26. The third-order valence-electron chi connectivity index (χ3n) is 2.00. The van der Waals surface area contributed by atoms with Crippen molar-refractivity contribution in [2.75, 3.05) is 0 Å². The van der Waals surface area contributed by atoms with Gasteiger partial charge in [0.1, 0.15) is 0 Å². The summed E-state index contributed by atoms with van der Waals surface area (Å²) in [5.74, 6) is -0.415. The predicted octanol–water partition coefficient (Wildman–Crippen LogP) is 0.654. The second-order valence-electron chi connectivity index (χ2n) is 3.11. The number of carbonyl (C=O) groups excluding carboxylic acids is 1. The second-order valence-corrected chi connectivity index (χ2v) is 3.55. The maximum absolute atomic E-state index is 11.6. The van der Waals surface area contributed by atoms with Crippen LogP contribution in [0.4, 0.5) is 0 Å². The Kier molecular flexibility index (Phi) is 4.05. The van der Waals surface area contributed by atoms with Crippen molar-refractivity contribution >= 4 is 23.2 Å². The van der Waals surface area contributed by atoms with Crippen LogP contribution in [0.15, 0.2) is 30.3 Å². The van der Waals surface area contributed by atoms with Crippen LogP contribution in [0.3, 0.4) is 0 Å². The minimum atomic E-state index is -0.243. The van der Waals surface area contributed by atoms with E-state index in [2.05, 4.69) is 23.1 Å². The SMILES string of the molecule is CC(C(=O)NNC(N)=S)c1ccccc1. The Labute approximate surface area is 93.8 Å². The molecule has 1 aromatic rings. The van der Waals surface area contributed by atoms with Crippen LogP contribution in [0.2, 0.25) is 0 Å². The van der Waals surface area contributed by atoms with E-state index in [0.717, 1.165) is 5.56 Å². The summed E-state index contributed by atoms with van der Waals surface area (Å²) in [6.07, 6.45) is 0. The van der Waals surface area contributed by atoms with Gasteiger partial charge in [-0.2, -0.15) is 0 Å². The number of amides is 1. The number of nitrogens with two attached hydrogens (primary N) is 1. The molecule has 0 heterocycles. The van der Waals surface area contributed by atoms with Crippen LogP contribution < -0.4 is 16.6 Å². The summed E-state index contributed by atoms with van der Waals surface area (Å²) in [6.45, 7) is 1.81. The van der Waals surface area contributed by atoms with Gasteiger partial charge in [-0.05, 0) is 24.7 Å². The third kappa shape index (κ3) is 3.55. The molecule has 0 spiro atoms. The molecule has 1 rings (SSSR count). The highest BCUT2D eigenvalue weighted by molar-refractivity contribution is 7.80. The highest BCUT2D eigenvalue weighted by Crippen LogP contribution is 2.13. The summed E-state index contributed by atoms with van der Waals surface area (Å²) in [5, 5.41) is 0.0450. The first kappa shape index (κ1) is 11.5. The van der Waals surface area contributed by atoms with Gasteiger partial charge in [0.25, 0.3) is 0 Å². The molecule has 0 saturated carbocycles. The maximum Gasteiger partial charge on any atom is 0.245 e. The van der Waals surface area contributed by atoms with E-state index >= 15 is 0 Å². The van der Waals surface area contributed by atoms with Gasteiger partial charge in [-0.1, -0.05) is 30.3 Å². The van der Waals surface area contributed by atoms with E-state index in [1.165, 1.54) is 0 Å². The number of carbonyl (C=O) groups is 1. The monoisotopic (exact) mass is 223 g/mol. The molecule has 15 heavy (non-hydrogen) atoms. The summed E-state index contributed by atoms with van der Waals surface area (Å²) in [5.41, 5.74) is 11.0. The molecule has 0 bridgehead atoms. The molecule has 0 fully saturated rings. The summed E-state index contributed by atoms with van der Waals surface area (Å²) in [4.78, 5) is 11.6. The largest absolute Gasteiger partial charge is 0.375 e. The number of hydrogen-bond donors (Lipinski definition) is 3. The van der Waals surface area contributed by atoms with E-state index < -0.39 is 0 Å². The molecule has 0 aliphatic rings. The average molecular weight is 223 g/mol. The van der Waals surface area contributed by atoms with Crippen LogP contribution in [0.25, 0.3) is 0 Å². The lowest BCUT2D eigenvalue weighted by Crippen LogP contribution is -2.45. The first-order chi connectivity index (χ1) is 7.11. The van der Waals surface area contributed by atoms with Crippen molar-refractivity contribution in [2.24, 2.45) is 5.73 Å². The van der Waals surface area contributed by atoms with E-state index in [-0.39, 0.29) is 16.9 Å².